The molecule has 0 aliphatic carbocycles. The van der Waals surface area contributed by atoms with Gasteiger partial charge in [-0.15, -0.1) is 0 Å². The molecule has 0 spiro atoms. The Morgan fingerprint density at radius 1 is 1.04 bits per heavy atom. The van der Waals surface area contributed by atoms with Gasteiger partial charge in [-0.3, -0.25) is 4.79 Å². The van der Waals surface area contributed by atoms with Gasteiger partial charge in [0.25, 0.3) is 0 Å². The maximum absolute atomic E-state index is 12.0. The molecule has 5 nitrogen and oxygen atoms in total. The molecule has 2 aromatic rings. The van der Waals surface area contributed by atoms with Crippen molar-refractivity contribution in [2.75, 3.05) is 18.5 Å². The highest BCUT2D eigenvalue weighted by atomic mass is 16.5. The number of anilines is 1. The van der Waals surface area contributed by atoms with Crippen molar-refractivity contribution in [3.8, 4) is 5.75 Å². The predicted molar refractivity (Wildman–Crippen MR) is 107 cm³/mol. The number of nitrogens with one attached hydrogen (secondary N) is 1. The minimum absolute atomic E-state index is 0.251. The van der Waals surface area contributed by atoms with Gasteiger partial charge in [-0.05, 0) is 60.9 Å². The van der Waals surface area contributed by atoms with E-state index < -0.39 is 0 Å². The number of ether oxygens (including phenoxy) is 2. The average molecular weight is 367 g/mol. The molecular weight excluding hydrogens is 342 g/mol. The predicted octanol–water partition coefficient (Wildman–Crippen LogP) is 4.55. The summed E-state index contributed by atoms with van der Waals surface area (Å²) in [5, 5.41) is 2.76. The molecule has 27 heavy (non-hydrogen) atoms. The van der Waals surface area contributed by atoms with E-state index in [0.717, 1.165) is 11.3 Å². The van der Waals surface area contributed by atoms with Gasteiger partial charge in [-0.25, -0.2) is 4.79 Å². The van der Waals surface area contributed by atoms with E-state index in [0.29, 0.717) is 24.5 Å². The van der Waals surface area contributed by atoms with Gasteiger partial charge in [0.1, 0.15) is 5.75 Å². The van der Waals surface area contributed by atoms with Crippen LogP contribution in [0, 0.1) is 5.92 Å². The number of hydrogen-bond donors (Lipinski definition) is 1. The molecule has 1 amide bonds. The number of esters is 1. The second-order valence-corrected chi connectivity index (χ2v) is 6.39. The Morgan fingerprint density at radius 2 is 1.70 bits per heavy atom. The van der Waals surface area contributed by atoms with Crippen LogP contribution in [0.3, 0.4) is 0 Å². The van der Waals surface area contributed by atoms with Crippen LogP contribution in [0.25, 0.3) is 6.08 Å². The Bertz CT molecular complexity index is 777. The summed E-state index contributed by atoms with van der Waals surface area (Å²) in [6.45, 7) is 6.89. The normalized spacial score (nSPS) is 10.8. The highest BCUT2D eigenvalue weighted by Crippen LogP contribution is 2.14. The lowest BCUT2D eigenvalue weighted by atomic mass is 10.2. The van der Waals surface area contributed by atoms with E-state index in [1.165, 1.54) is 6.08 Å². The van der Waals surface area contributed by atoms with E-state index in [1.54, 1.807) is 30.3 Å². The molecule has 1 N–H and O–H groups in total. The smallest absolute Gasteiger partial charge is 0.338 e. The number of carbonyl (C=O) groups excluding carboxylic acids is 2. The molecule has 5 heteroatoms. The molecular formula is C22H25NO4. The van der Waals surface area contributed by atoms with E-state index in [1.807, 2.05) is 45.0 Å². The number of benzene rings is 2. The minimum atomic E-state index is -0.364. The number of amides is 1. The fraction of sp³-hybridized carbons (Fsp3) is 0.273. The lowest BCUT2D eigenvalue weighted by Gasteiger charge is -2.08. The molecule has 142 valence electrons. The van der Waals surface area contributed by atoms with Crippen molar-refractivity contribution in [1.82, 2.24) is 0 Å². The van der Waals surface area contributed by atoms with Gasteiger partial charge < -0.3 is 14.8 Å². The van der Waals surface area contributed by atoms with Crippen molar-refractivity contribution in [3.63, 3.8) is 0 Å². The third-order valence-electron chi connectivity index (χ3n) is 3.55. The van der Waals surface area contributed by atoms with Crippen LogP contribution >= 0.6 is 0 Å². The summed E-state index contributed by atoms with van der Waals surface area (Å²) in [6.07, 6.45) is 3.18. The van der Waals surface area contributed by atoms with Gasteiger partial charge in [0.2, 0.25) is 5.91 Å². The molecule has 0 aliphatic heterocycles. The third-order valence-corrected chi connectivity index (χ3v) is 3.55. The van der Waals surface area contributed by atoms with E-state index in [-0.39, 0.29) is 17.8 Å². The highest BCUT2D eigenvalue weighted by molar-refractivity contribution is 6.02. The lowest BCUT2D eigenvalue weighted by molar-refractivity contribution is -0.111. The molecule has 0 fully saturated rings. The van der Waals surface area contributed by atoms with Crippen molar-refractivity contribution < 1.29 is 19.1 Å². The Kier molecular flexibility index (Phi) is 7.62. The Hall–Kier alpha value is -3.08. The van der Waals surface area contributed by atoms with Crippen LogP contribution in [-0.4, -0.2) is 25.1 Å². The molecule has 0 aliphatic rings. The van der Waals surface area contributed by atoms with Crippen molar-refractivity contribution in [2.45, 2.75) is 20.8 Å². The summed E-state index contributed by atoms with van der Waals surface area (Å²) in [7, 11) is 0. The van der Waals surface area contributed by atoms with E-state index >= 15 is 0 Å². The average Bonchev–Trinajstić information content (AvgIpc) is 2.66. The zero-order valence-electron chi connectivity index (χ0n) is 15.9. The van der Waals surface area contributed by atoms with Crippen LogP contribution in [0.1, 0.15) is 36.7 Å². The zero-order valence-corrected chi connectivity index (χ0v) is 15.9. The van der Waals surface area contributed by atoms with E-state index in [9.17, 15) is 9.59 Å². The molecule has 0 saturated heterocycles. The Labute approximate surface area is 160 Å². The number of rotatable bonds is 8. The summed E-state index contributed by atoms with van der Waals surface area (Å²) in [5.74, 6) is 0.469. The quantitative estimate of drug-likeness (QED) is 0.549. The van der Waals surface area contributed by atoms with Crippen LogP contribution in [0.2, 0.25) is 0 Å². The second kappa shape index (κ2) is 10.2. The fourth-order valence-electron chi connectivity index (χ4n) is 2.21. The van der Waals surface area contributed by atoms with E-state index in [4.69, 9.17) is 9.47 Å². The number of hydrogen-bond acceptors (Lipinski definition) is 4. The van der Waals surface area contributed by atoms with Gasteiger partial charge in [-0.1, -0.05) is 26.0 Å². The first kappa shape index (κ1) is 20.2. The summed E-state index contributed by atoms with van der Waals surface area (Å²) in [5.41, 5.74) is 1.96. The fourth-order valence-corrected chi connectivity index (χ4v) is 2.21. The highest BCUT2D eigenvalue weighted by Gasteiger charge is 2.08. The van der Waals surface area contributed by atoms with Crippen LogP contribution in [0.15, 0.2) is 54.6 Å². The van der Waals surface area contributed by atoms with Gasteiger partial charge in [0, 0.05) is 11.8 Å². The summed E-state index contributed by atoms with van der Waals surface area (Å²) < 4.78 is 10.6. The van der Waals surface area contributed by atoms with Crippen molar-refractivity contribution in [3.05, 3.63) is 65.7 Å². The molecule has 0 saturated carbocycles. The molecule has 2 aromatic carbocycles. The van der Waals surface area contributed by atoms with Gasteiger partial charge in [0.05, 0.1) is 18.8 Å². The molecule has 0 bridgehead atoms. The maximum Gasteiger partial charge on any atom is 0.338 e. The summed E-state index contributed by atoms with van der Waals surface area (Å²) in [6, 6.07) is 14.1. The van der Waals surface area contributed by atoms with Crippen molar-refractivity contribution in [1.29, 1.82) is 0 Å². The summed E-state index contributed by atoms with van der Waals surface area (Å²) >= 11 is 0. The molecule has 0 aromatic heterocycles. The second-order valence-electron chi connectivity index (χ2n) is 6.39. The molecule has 0 unspecified atom stereocenters. The Morgan fingerprint density at radius 3 is 2.30 bits per heavy atom. The third kappa shape index (κ3) is 6.98. The first-order valence-corrected chi connectivity index (χ1v) is 8.97. The van der Waals surface area contributed by atoms with Crippen LogP contribution in [0.4, 0.5) is 5.69 Å². The first-order chi connectivity index (χ1) is 13.0. The van der Waals surface area contributed by atoms with Crippen LogP contribution < -0.4 is 10.1 Å². The first-order valence-electron chi connectivity index (χ1n) is 8.97. The largest absolute Gasteiger partial charge is 0.494 e. The lowest BCUT2D eigenvalue weighted by Crippen LogP contribution is -2.11. The van der Waals surface area contributed by atoms with Crippen LogP contribution in [-0.2, 0) is 9.53 Å². The standard InChI is InChI=1S/C22H25NO4/c1-4-26-20-12-5-17(6-13-20)7-14-21(24)23-19-10-8-18(9-11-19)22(25)27-15-16(2)3/h5-14,16H,4,15H2,1-3H3,(H,23,24)/b14-7+. The molecule has 0 atom stereocenters. The molecule has 0 heterocycles. The van der Waals surface area contributed by atoms with Crippen molar-refractivity contribution in [2.24, 2.45) is 5.92 Å². The molecule has 2 rings (SSSR count). The number of carbonyl (C=O) groups is 2. The minimum Gasteiger partial charge on any atom is -0.494 e. The SMILES string of the molecule is CCOc1ccc(/C=C/C(=O)Nc2ccc(C(=O)OCC(C)C)cc2)cc1. The van der Waals surface area contributed by atoms with Gasteiger partial charge in [0.15, 0.2) is 0 Å². The molecule has 0 radical (unpaired) electrons. The monoisotopic (exact) mass is 367 g/mol. The van der Waals surface area contributed by atoms with E-state index in [2.05, 4.69) is 5.32 Å². The van der Waals surface area contributed by atoms with Crippen LogP contribution in [0.5, 0.6) is 5.75 Å². The zero-order chi connectivity index (χ0) is 19.6. The Balaban J connectivity index is 1.88. The van der Waals surface area contributed by atoms with Gasteiger partial charge >= 0.3 is 5.97 Å². The van der Waals surface area contributed by atoms with Gasteiger partial charge in [-0.2, -0.15) is 0 Å². The summed E-state index contributed by atoms with van der Waals surface area (Å²) in [4.78, 5) is 23.9. The van der Waals surface area contributed by atoms with Crippen molar-refractivity contribution >= 4 is 23.6 Å². The maximum atomic E-state index is 12.0. The topological polar surface area (TPSA) is 64.6 Å².